The van der Waals surface area contributed by atoms with Gasteiger partial charge in [-0.05, 0) is 18.2 Å². The highest BCUT2D eigenvalue weighted by molar-refractivity contribution is 8.00. The monoisotopic (exact) mass is 260 g/mol. The first-order chi connectivity index (χ1) is 7.15. The molecular weight excluding hydrogens is 251 g/mol. The second kappa shape index (κ2) is 6.21. The highest BCUT2D eigenvalue weighted by Gasteiger charge is 2.09. The highest BCUT2D eigenvalue weighted by Crippen LogP contribution is 2.22. The van der Waals surface area contributed by atoms with E-state index in [1.165, 1.54) is 11.8 Å². The molecule has 0 amide bonds. The van der Waals surface area contributed by atoms with Crippen LogP contribution in [0.1, 0.15) is 10.4 Å². The van der Waals surface area contributed by atoms with Crippen molar-refractivity contribution >= 4 is 40.7 Å². The first-order valence-corrected chi connectivity index (χ1v) is 6.23. The van der Waals surface area contributed by atoms with Crippen LogP contribution in [0.5, 0.6) is 0 Å². The van der Waals surface area contributed by atoms with Gasteiger partial charge < -0.3 is 0 Å². The fourth-order valence-electron chi connectivity index (χ4n) is 1.03. The van der Waals surface area contributed by atoms with Crippen LogP contribution in [0.25, 0.3) is 0 Å². The van der Waals surface area contributed by atoms with Crippen LogP contribution < -0.4 is 0 Å². The highest BCUT2D eigenvalue weighted by atomic mass is 35.5. The van der Waals surface area contributed by atoms with Crippen LogP contribution >= 0.6 is 35.0 Å². The van der Waals surface area contributed by atoms with Crippen molar-refractivity contribution in [3.63, 3.8) is 0 Å². The van der Waals surface area contributed by atoms with Gasteiger partial charge in [0.1, 0.15) is 0 Å². The lowest BCUT2D eigenvalue weighted by atomic mass is 10.1. The number of carbonyl (C=O) groups is 1. The van der Waals surface area contributed by atoms with Gasteiger partial charge in [-0.1, -0.05) is 29.3 Å². The van der Waals surface area contributed by atoms with Crippen LogP contribution in [0.3, 0.4) is 0 Å². The Hall–Kier alpha value is -0.440. The Balaban J connectivity index is 2.69. The van der Waals surface area contributed by atoms with Crippen LogP contribution in [0.4, 0.5) is 0 Å². The molecule has 0 radical (unpaired) electrons. The Labute approximate surface area is 103 Å². The van der Waals surface area contributed by atoms with Gasteiger partial charge in [0.25, 0.3) is 0 Å². The minimum atomic E-state index is 0.0171. The van der Waals surface area contributed by atoms with Crippen LogP contribution in [-0.4, -0.2) is 17.3 Å². The second-order valence-corrected chi connectivity index (χ2v) is 4.73. The molecule has 1 aromatic carbocycles. The predicted octanol–water partition coefficient (Wildman–Crippen LogP) is 4.10. The Morgan fingerprint density at radius 2 is 2.20 bits per heavy atom. The molecular formula is C11H10Cl2OS. The molecule has 0 saturated heterocycles. The summed E-state index contributed by atoms with van der Waals surface area (Å²) in [5.41, 5.74) is 0.526. The van der Waals surface area contributed by atoms with Crippen molar-refractivity contribution in [3.8, 4) is 0 Å². The number of hydrogen-bond acceptors (Lipinski definition) is 2. The zero-order valence-electron chi connectivity index (χ0n) is 8.00. The Bertz CT molecular complexity index is 377. The van der Waals surface area contributed by atoms with Crippen molar-refractivity contribution in [1.29, 1.82) is 0 Å². The molecule has 0 aliphatic rings. The molecule has 4 heteroatoms. The van der Waals surface area contributed by atoms with Crippen LogP contribution in [-0.2, 0) is 0 Å². The van der Waals surface area contributed by atoms with Gasteiger partial charge in [0.2, 0.25) is 0 Å². The van der Waals surface area contributed by atoms with E-state index < -0.39 is 0 Å². The van der Waals surface area contributed by atoms with Gasteiger partial charge in [-0.25, -0.2) is 0 Å². The zero-order chi connectivity index (χ0) is 11.3. The fourth-order valence-corrected chi connectivity index (χ4v) is 2.17. The van der Waals surface area contributed by atoms with Crippen molar-refractivity contribution < 1.29 is 4.79 Å². The van der Waals surface area contributed by atoms with Crippen LogP contribution in [0, 0.1) is 0 Å². The Morgan fingerprint density at radius 1 is 1.47 bits per heavy atom. The van der Waals surface area contributed by atoms with Gasteiger partial charge in [-0.3, -0.25) is 4.79 Å². The molecule has 1 rings (SSSR count). The molecule has 1 aromatic rings. The van der Waals surface area contributed by atoms with Crippen molar-refractivity contribution in [2.24, 2.45) is 0 Å². The molecule has 0 aliphatic heterocycles. The van der Waals surface area contributed by atoms with E-state index in [1.54, 1.807) is 24.3 Å². The third-order valence-corrected chi connectivity index (χ3v) is 3.19. The summed E-state index contributed by atoms with van der Waals surface area (Å²) in [5, 5.41) is 0.946. The van der Waals surface area contributed by atoms with Crippen LogP contribution in [0.2, 0.25) is 10.0 Å². The molecule has 0 aliphatic carbocycles. The number of rotatable bonds is 5. The van der Waals surface area contributed by atoms with E-state index in [0.717, 1.165) is 5.75 Å². The minimum Gasteiger partial charge on any atom is -0.293 e. The minimum absolute atomic E-state index is 0.0171. The molecule has 0 atom stereocenters. The van der Waals surface area contributed by atoms with Crippen molar-refractivity contribution in [2.75, 3.05) is 11.5 Å². The molecule has 0 spiro atoms. The van der Waals surface area contributed by atoms with Crippen molar-refractivity contribution in [1.82, 2.24) is 0 Å². The SMILES string of the molecule is C=CCSCC(=O)c1ccc(Cl)cc1Cl. The topological polar surface area (TPSA) is 17.1 Å². The standard InChI is InChI=1S/C11H10Cl2OS/c1-2-5-15-7-11(14)9-4-3-8(12)6-10(9)13/h2-4,6H,1,5,7H2. The van der Waals surface area contributed by atoms with E-state index in [0.29, 0.717) is 21.4 Å². The first-order valence-electron chi connectivity index (χ1n) is 4.32. The number of ketones is 1. The molecule has 15 heavy (non-hydrogen) atoms. The number of carbonyl (C=O) groups excluding carboxylic acids is 1. The van der Waals surface area contributed by atoms with E-state index in [4.69, 9.17) is 23.2 Å². The molecule has 0 bridgehead atoms. The maximum Gasteiger partial charge on any atom is 0.174 e. The summed E-state index contributed by atoms with van der Waals surface area (Å²) in [6, 6.07) is 4.90. The summed E-state index contributed by atoms with van der Waals surface area (Å²) >= 11 is 13.1. The number of Topliss-reactive ketones (excluding diaryl/α,β-unsaturated/α-hetero) is 1. The Kier molecular flexibility index (Phi) is 5.23. The van der Waals surface area contributed by atoms with E-state index in [2.05, 4.69) is 6.58 Å². The largest absolute Gasteiger partial charge is 0.293 e. The lowest BCUT2D eigenvalue weighted by Crippen LogP contribution is -2.03. The summed E-state index contributed by atoms with van der Waals surface area (Å²) in [4.78, 5) is 11.7. The molecule has 0 aromatic heterocycles. The molecule has 80 valence electrons. The molecule has 0 N–H and O–H groups in total. The quantitative estimate of drug-likeness (QED) is 0.451. The normalized spacial score (nSPS) is 10.0. The summed E-state index contributed by atoms with van der Waals surface area (Å²) in [7, 11) is 0. The predicted molar refractivity (Wildman–Crippen MR) is 68.3 cm³/mol. The molecule has 0 saturated carbocycles. The van der Waals surface area contributed by atoms with Gasteiger partial charge in [-0.2, -0.15) is 0 Å². The van der Waals surface area contributed by atoms with Gasteiger partial charge in [0.15, 0.2) is 5.78 Å². The zero-order valence-corrected chi connectivity index (χ0v) is 10.3. The van der Waals surface area contributed by atoms with E-state index in [9.17, 15) is 4.79 Å². The number of thioether (sulfide) groups is 1. The number of halogens is 2. The summed E-state index contributed by atoms with van der Waals surface area (Å²) in [6.45, 7) is 3.58. The third-order valence-electron chi connectivity index (χ3n) is 1.70. The van der Waals surface area contributed by atoms with Gasteiger partial charge in [-0.15, -0.1) is 18.3 Å². The molecule has 1 nitrogen and oxygen atoms in total. The molecule has 0 unspecified atom stereocenters. The van der Waals surface area contributed by atoms with E-state index in [-0.39, 0.29) is 5.78 Å². The van der Waals surface area contributed by atoms with Crippen LogP contribution in [0.15, 0.2) is 30.9 Å². The number of hydrogen-bond donors (Lipinski definition) is 0. The second-order valence-electron chi connectivity index (χ2n) is 2.85. The van der Waals surface area contributed by atoms with Crippen molar-refractivity contribution in [2.45, 2.75) is 0 Å². The van der Waals surface area contributed by atoms with E-state index >= 15 is 0 Å². The Morgan fingerprint density at radius 3 is 2.80 bits per heavy atom. The average Bonchev–Trinajstić information content (AvgIpc) is 2.17. The maximum absolute atomic E-state index is 11.7. The maximum atomic E-state index is 11.7. The average molecular weight is 261 g/mol. The number of benzene rings is 1. The first kappa shape index (κ1) is 12.6. The third kappa shape index (κ3) is 3.90. The van der Waals surface area contributed by atoms with Gasteiger partial charge in [0.05, 0.1) is 10.8 Å². The molecule has 0 heterocycles. The van der Waals surface area contributed by atoms with Crippen molar-refractivity contribution in [3.05, 3.63) is 46.5 Å². The van der Waals surface area contributed by atoms with Gasteiger partial charge in [0, 0.05) is 16.3 Å². The van der Waals surface area contributed by atoms with Gasteiger partial charge >= 0.3 is 0 Å². The van der Waals surface area contributed by atoms with E-state index in [1.807, 2.05) is 0 Å². The fraction of sp³-hybridized carbons (Fsp3) is 0.182. The smallest absolute Gasteiger partial charge is 0.174 e. The summed E-state index contributed by atoms with van der Waals surface area (Å²) in [5.74, 6) is 1.19. The summed E-state index contributed by atoms with van der Waals surface area (Å²) < 4.78 is 0. The summed E-state index contributed by atoms with van der Waals surface area (Å²) in [6.07, 6.45) is 1.77. The molecule has 0 fully saturated rings. The lowest BCUT2D eigenvalue weighted by Gasteiger charge is -2.02. The lowest BCUT2D eigenvalue weighted by molar-refractivity contribution is 0.102.